The van der Waals surface area contributed by atoms with Crippen molar-refractivity contribution >= 4 is 23.2 Å². The van der Waals surface area contributed by atoms with Crippen LogP contribution < -0.4 is 9.80 Å². The van der Waals surface area contributed by atoms with Crippen molar-refractivity contribution in [3.63, 3.8) is 0 Å². The summed E-state index contributed by atoms with van der Waals surface area (Å²) in [5, 5.41) is 0. The molecule has 2 saturated heterocycles. The van der Waals surface area contributed by atoms with E-state index in [0.717, 1.165) is 37.6 Å². The van der Waals surface area contributed by atoms with Crippen molar-refractivity contribution in [2.75, 3.05) is 62.2 Å². The van der Waals surface area contributed by atoms with Crippen molar-refractivity contribution in [3.8, 4) is 0 Å². The maximum Gasteiger partial charge on any atom is 0.312 e. The van der Waals surface area contributed by atoms with Gasteiger partial charge in [0.2, 0.25) is 0 Å². The first-order chi connectivity index (χ1) is 13.7. The molecule has 0 saturated carbocycles. The van der Waals surface area contributed by atoms with Crippen molar-refractivity contribution in [3.05, 3.63) is 60.7 Å². The zero-order chi connectivity index (χ0) is 19.3. The molecule has 0 bridgehead atoms. The van der Waals surface area contributed by atoms with E-state index in [9.17, 15) is 9.59 Å². The molecule has 4 rings (SSSR count). The number of rotatable bonds is 2. The summed E-state index contributed by atoms with van der Waals surface area (Å²) in [6.45, 7) is 5.37. The SMILES string of the molecule is O=C(C(=O)N1CCN(c2ccccc2)CC1)N1CCN(c2ccccc2)CC1. The molecule has 2 aliphatic rings. The van der Waals surface area contributed by atoms with Crippen molar-refractivity contribution in [2.45, 2.75) is 0 Å². The van der Waals surface area contributed by atoms with E-state index in [4.69, 9.17) is 0 Å². The van der Waals surface area contributed by atoms with Gasteiger partial charge in [0.25, 0.3) is 0 Å². The average molecular weight is 378 g/mol. The van der Waals surface area contributed by atoms with Gasteiger partial charge in [0.15, 0.2) is 0 Å². The molecule has 2 aromatic carbocycles. The van der Waals surface area contributed by atoms with E-state index >= 15 is 0 Å². The lowest BCUT2D eigenvalue weighted by molar-refractivity contribution is -0.152. The number of carbonyl (C=O) groups is 2. The van der Waals surface area contributed by atoms with Crippen LogP contribution in [-0.2, 0) is 9.59 Å². The molecule has 0 atom stereocenters. The Morgan fingerprint density at radius 1 is 0.500 bits per heavy atom. The molecule has 0 radical (unpaired) electrons. The fraction of sp³-hybridized carbons (Fsp3) is 0.364. The molecule has 2 heterocycles. The summed E-state index contributed by atoms with van der Waals surface area (Å²) in [5.74, 6) is -0.721. The van der Waals surface area contributed by atoms with Gasteiger partial charge in [-0.15, -0.1) is 0 Å². The predicted octanol–water partition coefficient (Wildman–Crippen LogP) is 1.68. The Bertz CT molecular complexity index is 726. The predicted molar refractivity (Wildman–Crippen MR) is 110 cm³/mol. The van der Waals surface area contributed by atoms with E-state index < -0.39 is 0 Å². The maximum absolute atomic E-state index is 12.7. The third-order valence-corrected chi connectivity index (χ3v) is 5.56. The Morgan fingerprint density at radius 3 is 1.14 bits per heavy atom. The Morgan fingerprint density at radius 2 is 0.821 bits per heavy atom. The summed E-state index contributed by atoms with van der Waals surface area (Å²) in [6.07, 6.45) is 0. The Kier molecular flexibility index (Phi) is 5.46. The minimum absolute atomic E-state index is 0.360. The first-order valence-electron chi connectivity index (χ1n) is 9.90. The van der Waals surface area contributed by atoms with E-state index in [1.165, 1.54) is 0 Å². The Balaban J connectivity index is 1.28. The van der Waals surface area contributed by atoms with Gasteiger partial charge in [-0.05, 0) is 24.3 Å². The summed E-state index contributed by atoms with van der Waals surface area (Å²) in [5.41, 5.74) is 2.33. The number of carbonyl (C=O) groups excluding carboxylic acids is 2. The standard InChI is InChI=1S/C22H26N4O2/c27-21(25-15-11-23(12-16-25)19-7-3-1-4-8-19)22(28)26-17-13-24(14-18-26)20-9-5-2-6-10-20/h1-10H,11-18H2. The first kappa shape index (κ1) is 18.3. The molecule has 2 aliphatic heterocycles. The number of benzene rings is 2. The monoisotopic (exact) mass is 378 g/mol. The van der Waals surface area contributed by atoms with Crippen LogP contribution in [0.1, 0.15) is 0 Å². The minimum atomic E-state index is -0.360. The van der Waals surface area contributed by atoms with Crippen LogP contribution in [0.5, 0.6) is 0 Å². The molecule has 2 fully saturated rings. The minimum Gasteiger partial charge on any atom is -0.368 e. The summed E-state index contributed by atoms with van der Waals surface area (Å²) in [7, 11) is 0. The van der Waals surface area contributed by atoms with Crippen LogP contribution in [0.4, 0.5) is 11.4 Å². The largest absolute Gasteiger partial charge is 0.368 e. The van der Waals surface area contributed by atoms with Crippen molar-refractivity contribution in [1.29, 1.82) is 0 Å². The summed E-state index contributed by atoms with van der Waals surface area (Å²) >= 11 is 0. The second kappa shape index (κ2) is 8.33. The highest BCUT2D eigenvalue weighted by atomic mass is 16.2. The summed E-state index contributed by atoms with van der Waals surface area (Å²) < 4.78 is 0. The van der Waals surface area contributed by atoms with E-state index in [1.807, 2.05) is 36.4 Å². The van der Waals surface area contributed by atoms with E-state index in [0.29, 0.717) is 26.2 Å². The molecule has 0 aliphatic carbocycles. The Hall–Kier alpha value is -3.02. The Labute approximate surface area is 165 Å². The van der Waals surface area contributed by atoms with Crippen LogP contribution in [0.15, 0.2) is 60.7 Å². The van der Waals surface area contributed by atoms with Gasteiger partial charge >= 0.3 is 11.8 Å². The van der Waals surface area contributed by atoms with Crippen LogP contribution in [0.2, 0.25) is 0 Å². The van der Waals surface area contributed by atoms with Gasteiger partial charge in [-0.2, -0.15) is 0 Å². The first-order valence-corrected chi connectivity index (χ1v) is 9.90. The number of hydrogen-bond acceptors (Lipinski definition) is 4. The summed E-state index contributed by atoms with van der Waals surface area (Å²) in [6, 6.07) is 20.4. The zero-order valence-electron chi connectivity index (χ0n) is 16.0. The van der Waals surface area contributed by atoms with Gasteiger partial charge in [0.1, 0.15) is 0 Å². The number of nitrogens with zero attached hydrogens (tertiary/aromatic N) is 4. The lowest BCUT2D eigenvalue weighted by Gasteiger charge is -2.38. The fourth-order valence-electron chi connectivity index (χ4n) is 3.88. The third kappa shape index (κ3) is 3.96. The molecule has 0 N–H and O–H groups in total. The number of amides is 2. The molecule has 28 heavy (non-hydrogen) atoms. The smallest absolute Gasteiger partial charge is 0.312 e. The second-order valence-corrected chi connectivity index (χ2v) is 7.23. The van der Waals surface area contributed by atoms with Gasteiger partial charge in [0, 0.05) is 63.7 Å². The molecule has 6 heteroatoms. The molecule has 0 aromatic heterocycles. The second-order valence-electron chi connectivity index (χ2n) is 7.23. The topological polar surface area (TPSA) is 47.1 Å². The number of anilines is 2. The molecule has 2 amide bonds. The quantitative estimate of drug-likeness (QED) is 0.746. The van der Waals surface area contributed by atoms with Gasteiger partial charge in [-0.3, -0.25) is 9.59 Å². The normalized spacial score (nSPS) is 17.6. The van der Waals surface area contributed by atoms with E-state index in [1.54, 1.807) is 9.80 Å². The van der Waals surface area contributed by atoms with Gasteiger partial charge in [-0.25, -0.2) is 0 Å². The maximum atomic E-state index is 12.7. The van der Waals surface area contributed by atoms with Gasteiger partial charge in [0.05, 0.1) is 0 Å². The van der Waals surface area contributed by atoms with E-state index in [-0.39, 0.29) is 11.8 Å². The highest BCUT2D eigenvalue weighted by Gasteiger charge is 2.31. The highest BCUT2D eigenvalue weighted by molar-refractivity contribution is 6.35. The molecular formula is C22H26N4O2. The van der Waals surface area contributed by atoms with Gasteiger partial charge in [-0.1, -0.05) is 36.4 Å². The average Bonchev–Trinajstić information content (AvgIpc) is 2.79. The molecule has 0 unspecified atom stereocenters. The van der Waals surface area contributed by atoms with Crippen LogP contribution in [0.3, 0.4) is 0 Å². The van der Waals surface area contributed by atoms with E-state index in [2.05, 4.69) is 34.1 Å². The van der Waals surface area contributed by atoms with Crippen LogP contribution in [0, 0.1) is 0 Å². The molecule has 0 spiro atoms. The summed E-state index contributed by atoms with van der Waals surface area (Å²) in [4.78, 5) is 33.3. The van der Waals surface area contributed by atoms with Crippen molar-refractivity contribution in [2.24, 2.45) is 0 Å². The van der Waals surface area contributed by atoms with Crippen LogP contribution >= 0.6 is 0 Å². The molecule has 6 nitrogen and oxygen atoms in total. The van der Waals surface area contributed by atoms with Crippen LogP contribution in [0.25, 0.3) is 0 Å². The lowest BCUT2D eigenvalue weighted by atomic mass is 10.2. The number of para-hydroxylation sites is 2. The van der Waals surface area contributed by atoms with Crippen molar-refractivity contribution < 1.29 is 9.59 Å². The molecule has 146 valence electrons. The van der Waals surface area contributed by atoms with Gasteiger partial charge < -0.3 is 19.6 Å². The number of piperazine rings is 2. The van der Waals surface area contributed by atoms with Crippen molar-refractivity contribution in [1.82, 2.24) is 9.80 Å². The molecular weight excluding hydrogens is 352 g/mol. The lowest BCUT2D eigenvalue weighted by Crippen LogP contribution is -2.56. The number of hydrogen-bond donors (Lipinski definition) is 0. The fourth-order valence-corrected chi connectivity index (χ4v) is 3.88. The van der Waals surface area contributed by atoms with Crippen LogP contribution in [-0.4, -0.2) is 74.0 Å². The third-order valence-electron chi connectivity index (χ3n) is 5.56. The highest BCUT2D eigenvalue weighted by Crippen LogP contribution is 2.17. The molecule has 2 aromatic rings. The zero-order valence-corrected chi connectivity index (χ0v) is 16.0.